The SMILES string of the molecule is Cc1ccc(C(C)C)c(OCc2ccccc2/C(N)=N/O)c1. The standard InChI is InChI=1S/C18H22N2O2/c1-12(2)15-9-8-13(3)10-17(15)22-11-14-6-4-5-7-16(14)18(19)20-21/h4-10,12,21H,11H2,1-3H3,(H2,19,20). The van der Waals surface area contributed by atoms with Gasteiger partial charge in [0.1, 0.15) is 12.4 Å². The maximum absolute atomic E-state index is 8.87. The van der Waals surface area contributed by atoms with E-state index in [0.29, 0.717) is 18.1 Å². The molecule has 0 saturated carbocycles. The highest BCUT2D eigenvalue weighted by Gasteiger charge is 2.11. The highest BCUT2D eigenvalue weighted by atomic mass is 16.5. The first-order valence-electron chi connectivity index (χ1n) is 7.32. The normalized spacial score (nSPS) is 11.7. The van der Waals surface area contributed by atoms with Gasteiger partial charge in [0.15, 0.2) is 5.84 Å². The van der Waals surface area contributed by atoms with Gasteiger partial charge in [-0.15, -0.1) is 0 Å². The molecule has 0 unspecified atom stereocenters. The number of nitrogens with zero attached hydrogens (tertiary/aromatic N) is 1. The number of amidine groups is 1. The molecule has 2 aromatic rings. The van der Waals surface area contributed by atoms with Crippen LogP contribution in [0.15, 0.2) is 47.6 Å². The lowest BCUT2D eigenvalue weighted by molar-refractivity contribution is 0.300. The van der Waals surface area contributed by atoms with Gasteiger partial charge in [-0.3, -0.25) is 0 Å². The lowest BCUT2D eigenvalue weighted by Crippen LogP contribution is -2.16. The summed E-state index contributed by atoms with van der Waals surface area (Å²) in [6.07, 6.45) is 0. The van der Waals surface area contributed by atoms with Gasteiger partial charge in [-0.05, 0) is 30.0 Å². The predicted octanol–water partition coefficient (Wildman–Crippen LogP) is 3.79. The molecule has 0 aliphatic carbocycles. The quantitative estimate of drug-likeness (QED) is 0.382. The van der Waals surface area contributed by atoms with E-state index < -0.39 is 0 Å². The third-order valence-corrected chi connectivity index (χ3v) is 3.58. The third kappa shape index (κ3) is 3.58. The zero-order valence-electron chi connectivity index (χ0n) is 13.2. The molecule has 2 rings (SSSR count). The first-order chi connectivity index (χ1) is 10.5. The molecular formula is C18H22N2O2. The van der Waals surface area contributed by atoms with Gasteiger partial charge in [-0.1, -0.05) is 55.4 Å². The van der Waals surface area contributed by atoms with Gasteiger partial charge in [-0.2, -0.15) is 0 Å². The summed E-state index contributed by atoms with van der Waals surface area (Å²) in [6.45, 7) is 6.70. The fourth-order valence-electron chi connectivity index (χ4n) is 2.35. The Hall–Kier alpha value is -2.49. The van der Waals surface area contributed by atoms with Crippen molar-refractivity contribution in [2.75, 3.05) is 0 Å². The lowest BCUT2D eigenvalue weighted by Gasteiger charge is -2.16. The molecule has 0 heterocycles. The Morgan fingerprint density at radius 1 is 1.23 bits per heavy atom. The minimum absolute atomic E-state index is 0.0903. The van der Waals surface area contributed by atoms with Crippen LogP contribution < -0.4 is 10.5 Å². The zero-order chi connectivity index (χ0) is 16.1. The number of nitrogens with two attached hydrogens (primary N) is 1. The molecule has 0 bridgehead atoms. The summed E-state index contributed by atoms with van der Waals surface area (Å²) < 4.78 is 6.01. The summed E-state index contributed by atoms with van der Waals surface area (Å²) in [7, 11) is 0. The van der Waals surface area contributed by atoms with E-state index in [9.17, 15) is 0 Å². The second kappa shape index (κ2) is 6.98. The maximum Gasteiger partial charge on any atom is 0.170 e. The van der Waals surface area contributed by atoms with Gasteiger partial charge in [0.05, 0.1) is 0 Å². The number of hydrogen-bond acceptors (Lipinski definition) is 3. The predicted molar refractivity (Wildman–Crippen MR) is 88.6 cm³/mol. The molecular weight excluding hydrogens is 276 g/mol. The van der Waals surface area contributed by atoms with Crippen molar-refractivity contribution in [3.63, 3.8) is 0 Å². The van der Waals surface area contributed by atoms with E-state index in [4.69, 9.17) is 15.7 Å². The van der Waals surface area contributed by atoms with Crippen LogP contribution in [-0.2, 0) is 6.61 Å². The van der Waals surface area contributed by atoms with Crippen LogP contribution >= 0.6 is 0 Å². The van der Waals surface area contributed by atoms with Gasteiger partial charge >= 0.3 is 0 Å². The number of rotatable bonds is 5. The first-order valence-corrected chi connectivity index (χ1v) is 7.32. The van der Waals surface area contributed by atoms with Crippen LogP contribution in [0.2, 0.25) is 0 Å². The Balaban J connectivity index is 2.26. The molecule has 0 spiro atoms. The molecule has 3 N–H and O–H groups in total. The maximum atomic E-state index is 8.87. The molecule has 0 aliphatic heterocycles. The van der Waals surface area contributed by atoms with Crippen molar-refractivity contribution in [1.29, 1.82) is 0 Å². The molecule has 116 valence electrons. The molecule has 4 heteroatoms. The van der Waals surface area contributed by atoms with Crippen LogP contribution in [0.4, 0.5) is 0 Å². The van der Waals surface area contributed by atoms with Crippen molar-refractivity contribution in [3.8, 4) is 5.75 Å². The molecule has 4 nitrogen and oxygen atoms in total. The van der Waals surface area contributed by atoms with Crippen molar-refractivity contribution in [2.45, 2.75) is 33.3 Å². The number of hydrogen-bond donors (Lipinski definition) is 2. The van der Waals surface area contributed by atoms with Gasteiger partial charge in [0.25, 0.3) is 0 Å². The van der Waals surface area contributed by atoms with Crippen molar-refractivity contribution < 1.29 is 9.94 Å². The molecule has 2 aromatic carbocycles. The topological polar surface area (TPSA) is 67.8 Å². The number of aryl methyl sites for hydroxylation is 1. The van der Waals surface area contributed by atoms with Crippen LogP contribution in [0.25, 0.3) is 0 Å². The van der Waals surface area contributed by atoms with Crippen molar-refractivity contribution >= 4 is 5.84 Å². The number of ether oxygens (including phenoxy) is 1. The summed E-state index contributed by atoms with van der Waals surface area (Å²) in [5.74, 6) is 1.35. The Kier molecular flexibility index (Phi) is 5.04. The van der Waals surface area contributed by atoms with E-state index in [1.807, 2.05) is 37.3 Å². The zero-order valence-corrected chi connectivity index (χ0v) is 13.2. The second-order valence-corrected chi connectivity index (χ2v) is 5.63. The summed E-state index contributed by atoms with van der Waals surface area (Å²) in [6, 6.07) is 13.7. The average Bonchev–Trinajstić information content (AvgIpc) is 2.52. The molecule has 0 saturated heterocycles. The molecule has 0 amide bonds. The minimum Gasteiger partial charge on any atom is -0.489 e. The second-order valence-electron chi connectivity index (χ2n) is 5.63. The fraction of sp³-hybridized carbons (Fsp3) is 0.278. The third-order valence-electron chi connectivity index (χ3n) is 3.58. The first kappa shape index (κ1) is 15.9. The van der Waals surface area contributed by atoms with Crippen LogP contribution in [0, 0.1) is 6.92 Å². The Labute approximate surface area is 131 Å². The van der Waals surface area contributed by atoms with Crippen LogP contribution in [0.3, 0.4) is 0 Å². The van der Waals surface area contributed by atoms with Crippen LogP contribution in [-0.4, -0.2) is 11.0 Å². The van der Waals surface area contributed by atoms with E-state index in [-0.39, 0.29) is 5.84 Å². The van der Waals surface area contributed by atoms with E-state index in [1.165, 1.54) is 5.56 Å². The van der Waals surface area contributed by atoms with Crippen molar-refractivity contribution in [3.05, 3.63) is 64.7 Å². The van der Waals surface area contributed by atoms with E-state index >= 15 is 0 Å². The van der Waals surface area contributed by atoms with E-state index in [1.54, 1.807) is 0 Å². The fourth-order valence-corrected chi connectivity index (χ4v) is 2.35. The largest absolute Gasteiger partial charge is 0.489 e. The molecule has 0 radical (unpaired) electrons. The Morgan fingerprint density at radius 2 is 1.95 bits per heavy atom. The van der Waals surface area contributed by atoms with Gasteiger partial charge in [0.2, 0.25) is 0 Å². The molecule has 0 atom stereocenters. The minimum atomic E-state index is 0.0903. The number of oxime groups is 1. The van der Waals surface area contributed by atoms with Gasteiger partial charge in [0, 0.05) is 11.1 Å². The van der Waals surface area contributed by atoms with Crippen LogP contribution in [0.5, 0.6) is 5.75 Å². The Morgan fingerprint density at radius 3 is 2.64 bits per heavy atom. The highest BCUT2D eigenvalue weighted by molar-refractivity contribution is 5.98. The van der Waals surface area contributed by atoms with Gasteiger partial charge < -0.3 is 15.7 Å². The highest BCUT2D eigenvalue weighted by Crippen LogP contribution is 2.28. The van der Waals surface area contributed by atoms with E-state index in [2.05, 4.69) is 31.1 Å². The molecule has 0 aromatic heterocycles. The summed E-state index contributed by atoms with van der Waals surface area (Å²) in [4.78, 5) is 0. The molecule has 0 fully saturated rings. The van der Waals surface area contributed by atoms with Crippen molar-refractivity contribution in [1.82, 2.24) is 0 Å². The monoisotopic (exact) mass is 298 g/mol. The lowest BCUT2D eigenvalue weighted by atomic mass is 10.0. The molecule has 22 heavy (non-hydrogen) atoms. The average molecular weight is 298 g/mol. The molecule has 0 aliphatic rings. The van der Waals surface area contributed by atoms with E-state index in [0.717, 1.165) is 16.9 Å². The van der Waals surface area contributed by atoms with Crippen LogP contribution in [0.1, 0.15) is 42.0 Å². The summed E-state index contributed by atoms with van der Waals surface area (Å²) in [5.41, 5.74) is 9.61. The number of benzene rings is 2. The van der Waals surface area contributed by atoms with Gasteiger partial charge in [-0.25, -0.2) is 0 Å². The smallest absolute Gasteiger partial charge is 0.170 e. The van der Waals surface area contributed by atoms with Crippen molar-refractivity contribution in [2.24, 2.45) is 10.9 Å². The Bertz CT molecular complexity index is 679. The summed E-state index contributed by atoms with van der Waals surface area (Å²) in [5, 5.41) is 11.9. The summed E-state index contributed by atoms with van der Waals surface area (Å²) >= 11 is 0.